The van der Waals surface area contributed by atoms with Crippen molar-refractivity contribution in [1.82, 2.24) is 0 Å². The molecule has 0 radical (unpaired) electrons. The number of aliphatic hydroxyl groups is 1. The molecule has 146 valence electrons. The van der Waals surface area contributed by atoms with E-state index in [9.17, 15) is 14.7 Å². The van der Waals surface area contributed by atoms with Crippen molar-refractivity contribution < 1.29 is 14.7 Å². The Morgan fingerprint density at radius 2 is 1.66 bits per heavy atom. The maximum absolute atomic E-state index is 13.5. The second-order valence-electron chi connectivity index (χ2n) is 7.26. The van der Waals surface area contributed by atoms with Gasteiger partial charge in [-0.15, -0.1) is 0 Å². The molecule has 4 nitrogen and oxygen atoms in total. The number of benzene rings is 3. The molecule has 0 spiro atoms. The average molecular weight is 450 g/mol. The van der Waals surface area contributed by atoms with E-state index in [2.05, 4.69) is 15.9 Å². The number of rotatable bonds is 5. The number of anilines is 1. The molecular formula is C24H20BrNO3. The summed E-state index contributed by atoms with van der Waals surface area (Å²) < 4.78 is 0.739. The highest BCUT2D eigenvalue weighted by atomic mass is 79.9. The molecule has 1 aliphatic rings. The summed E-state index contributed by atoms with van der Waals surface area (Å²) in [7, 11) is 0. The quantitative estimate of drug-likeness (QED) is 0.574. The molecule has 0 aromatic heterocycles. The number of amides is 1. The van der Waals surface area contributed by atoms with Crippen molar-refractivity contribution in [3.63, 3.8) is 0 Å². The van der Waals surface area contributed by atoms with Gasteiger partial charge in [-0.05, 0) is 23.8 Å². The Hall–Kier alpha value is -2.76. The molecule has 1 N–H and O–H groups in total. The van der Waals surface area contributed by atoms with Gasteiger partial charge in [0.2, 0.25) is 0 Å². The van der Waals surface area contributed by atoms with Crippen LogP contribution < -0.4 is 4.90 Å². The maximum Gasteiger partial charge on any atom is 0.264 e. The first-order valence-corrected chi connectivity index (χ1v) is 10.2. The summed E-state index contributed by atoms with van der Waals surface area (Å²) in [5.41, 5.74) is 0.558. The van der Waals surface area contributed by atoms with Crippen molar-refractivity contribution in [2.45, 2.75) is 19.1 Å². The SMILES string of the molecule is C[C@@H](C(=O)c1ccccc1)[C@]1(O)C(=O)N(Cc2ccccc2)c2ccc(Br)cc21. The Morgan fingerprint density at radius 1 is 1.03 bits per heavy atom. The van der Waals surface area contributed by atoms with Crippen LogP contribution in [0.3, 0.4) is 0 Å². The van der Waals surface area contributed by atoms with E-state index in [-0.39, 0.29) is 5.78 Å². The number of hydrogen-bond donors (Lipinski definition) is 1. The number of carbonyl (C=O) groups is 2. The monoisotopic (exact) mass is 449 g/mol. The Labute approximate surface area is 177 Å². The number of fused-ring (bicyclic) bond motifs is 1. The lowest BCUT2D eigenvalue weighted by molar-refractivity contribution is -0.139. The van der Waals surface area contributed by atoms with Crippen molar-refractivity contribution in [2.75, 3.05) is 4.90 Å². The molecule has 0 saturated heterocycles. The molecule has 1 amide bonds. The molecule has 1 heterocycles. The van der Waals surface area contributed by atoms with Crippen molar-refractivity contribution in [1.29, 1.82) is 0 Å². The summed E-state index contributed by atoms with van der Waals surface area (Å²) in [6.07, 6.45) is 0. The summed E-state index contributed by atoms with van der Waals surface area (Å²) in [5, 5.41) is 11.7. The minimum Gasteiger partial charge on any atom is -0.375 e. The van der Waals surface area contributed by atoms with Crippen LogP contribution >= 0.6 is 15.9 Å². The normalized spacial score (nSPS) is 19.1. The third-order valence-electron chi connectivity index (χ3n) is 5.49. The predicted octanol–water partition coefficient (Wildman–Crippen LogP) is 4.70. The zero-order valence-corrected chi connectivity index (χ0v) is 17.5. The van der Waals surface area contributed by atoms with E-state index < -0.39 is 17.4 Å². The second kappa shape index (κ2) is 7.58. The lowest BCUT2D eigenvalue weighted by Crippen LogP contribution is -2.47. The summed E-state index contributed by atoms with van der Waals surface area (Å²) in [5.74, 6) is -1.69. The zero-order valence-electron chi connectivity index (χ0n) is 15.9. The molecule has 29 heavy (non-hydrogen) atoms. The summed E-state index contributed by atoms with van der Waals surface area (Å²) in [6.45, 7) is 1.94. The highest BCUT2D eigenvalue weighted by molar-refractivity contribution is 9.10. The fraction of sp³-hybridized carbons (Fsp3) is 0.167. The molecule has 3 aromatic carbocycles. The van der Waals surface area contributed by atoms with Crippen LogP contribution in [-0.2, 0) is 16.9 Å². The summed E-state index contributed by atoms with van der Waals surface area (Å²) in [6, 6.07) is 23.7. The minimum absolute atomic E-state index is 0.270. The van der Waals surface area contributed by atoms with Gasteiger partial charge in [0.1, 0.15) is 0 Å². The van der Waals surface area contributed by atoms with Crippen molar-refractivity contribution in [3.8, 4) is 0 Å². The maximum atomic E-state index is 13.5. The van der Waals surface area contributed by atoms with E-state index in [4.69, 9.17) is 0 Å². The third kappa shape index (κ3) is 3.30. The standard InChI is InChI=1S/C24H20BrNO3/c1-16(22(27)18-10-6-3-7-11-18)24(29)20-14-19(25)12-13-21(20)26(23(24)28)15-17-8-4-2-5-9-17/h2-14,16,29H,15H2,1H3/t16-,24+/m0/s1. The van der Waals surface area contributed by atoms with E-state index in [0.29, 0.717) is 23.4 Å². The number of hydrogen-bond acceptors (Lipinski definition) is 3. The van der Waals surface area contributed by atoms with Gasteiger partial charge >= 0.3 is 0 Å². The first kappa shape index (κ1) is 19.6. The van der Waals surface area contributed by atoms with Gasteiger partial charge in [0.15, 0.2) is 11.4 Å². The number of carbonyl (C=O) groups excluding carboxylic acids is 2. The minimum atomic E-state index is -1.93. The van der Waals surface area contributed by atoms with Gasteiger partial charge in [0, 0.05) is 15.6 Å². The van der Waals surface area contributed by atoms with E-state index >= 15 is 0 Å². The van der Waals surface area contributed by atoms with Crippen LogP contribution in [0, 0.1) is 5.92 Å². The molecule has 0 unspecified atom stereocenters. The van der Waals surface area contributed by atoms with Crippen LogP contribution in [0.1, 0.15) is 28.4 Å². The number of halogens is 1. The molecule has 3 aromatic rings. The molecule has 0 fully saturated rings. The summed E-state index contributed by atoms with van der Waals surface area (Å²) >= 11 is 3.43. The van der Waals surface area contributed by atoms with E-state index in [0.717, 1.165) is 10.0 Å². The van der Waals surface area contributed by atoms with Gasteiger partial charge in [-0.3, -0.25) is 9.59 Å². The Kier molecular flexibility index (Phi) is 5.11. The van der Waals surface area contributed by atoms with Crippen LogP contribution in [0.15, 0.2) is 83.3 Å². The predicted molar refractivity (Wildman–Crippen MR) is 116 cm³/mol. The molecule has 0 aliphatic carbocycles. The van der Waals surface area contributed by atoms with Gasteiger partial charge < -0.3 is 10.0 Å². The Balaban J connectivity index is 1.78. The first-order chi connectivity index (χ1) is 13.9. The highest BCUT2D eigenvalue weighted by Crippen LogP contribution is 2.47. The van der Waals surface area contributed by atoms with Crippen molar-refractivity contribution >= 4 is 33.3 Å². The van der Waals surface area contributed by atoms with Gasteiger partial charge in [-0.25, -0.2) is 0 Å². The van der Waals surface area contributed by atoms with Gasteiger partial charge in [-0.1, -0.05) is 83.5 Å². The largest absolute Gasteiger partial charge is 0.375 e. The average Bonchev–Trinajstić information content (AvgIpc) is 2.96. The smallest absolute Gasteiger partial charge is 0.264 e. The molecular weight excluding hydrogens is 430 g/mol. The Morgan fingerprint density at radius 3 is 2.31 bits per heavy atom. The van der Waals surface area contributed by atoms with Gasteiger partial charge in [-0.2, -0.15) is 0 Å². The number of ketones is 1. The molecule has 1 aliphatic heterocycles. The molecule has 0 saturated carbocycles. The van der Waals surface area contributed by atoms with Crippen LogP contribution in [-0.4, -0.2) is 16.8 Å². The number of nitrogens with zero attached hydrogens (tertiary/aromatic N) is 1. The zero-order chi connectivity index (χ0) is 20.6. The lowest BCUT2D eigenvalue weighted by Gasteiger charge is -2.28. The van der Waals surface area contributed by atoms with Crippen molar-refractivity contribution in [3.05, 3.63) is 100 Å². The molecule has 4 rings (SSSR count). The topological polar surface area (TPSA) is 57.6 Å². The van der Waals surface area contributed by atoms with Crippen LogP contribution in [0.2, 0.25) is 0 Å². The third-order valence-corrected chi connectivity index (χ3v) is 5.99. The van der Waals surface area contributed by atoms with Crippen LogP contribution in [0.5, 0.6) is 0 Å². The van der Waals surface area contributed by atoms with Crippen LogP contribution in [0.4, 0.5) is 5.69 Å². The first-order valence-electron chi connectivity index (χ1n) is 9.40. The van der Waals surface area contributed by atoms with Gasteiger partial charge in [0.25, 0.3) is 5.91 Å². The molecule has 5 heteroatoms. The van der Waals surface area contributed by atoms with E-state index in [1.807, 2.05) is 42.5 Å². The molecule has 2 atom stereocenters. The highest BCUT2D eigenvalue weighted by Gasteiger charge is 2.55. The van der Waals surface area contributed by atoms with E-state index in [1.54, 1.807) is 48.2 Å². The fourth-order valence-electron chi connectivity index (χ4n) is 3.86. The summed E-state index contributed by atoms with van der Waals surface area (Å²) in [4.78, 5) is 28.1. The lowest BCUT2D eigenvalue weighted by atomic mass is 9.79. The fourth-order valence-corrected chi connectivity index (χ4v) is 4.22. The van der Waals surface area contributed by atoms with Crippen molar-refractivity contribution in [2.24, 2.45) is 5.92 Å². The van der Waals surface area contributed by atoms with Gasteiger partial charge in [0.05, 0.1) is 18.2 Å². The second-order valence-corrected chi connectivity index (χ2v) is 8.17. The Bertz CT molecular complexity index is 1070. The van der Waals surface area contributed by atoms with E-state index in [1.165, 1.54) is 0 Å². The number of Topliss-reactive ketones (excluding diaryl/α,β-unsaturated/α-hetero) is 1. The van der Waals surface area contributed by atoms with Crippen LogP contribution in [0.25, 0.3) is 0 Å². The molecule has 0 bridgehead atoms.